The van der Waals surface area contributed by atoms with Gasteiger partial charge in [-0.15, -0.1) is 0 Å². The maximum Gasteiger partial charge on any atom is 0.303 e. The van der Waals surface area contributed by atoms with Crippen molar-refractivity contribution in [3.05, 3.63) is 0 Å². The summed E-state index contributed by atoms with van der Waals surface area (Å²) >= 11 is 6.36. The monoisotopic (exact) mass is 407 g/mol. The highest BCUT2D eigenvalue weighted by Crippen LogP contribution is 2.34. The molecule has 0 aliphatic heterocycles. The topological polar surface area (TPSA) is 61.1 Å². The van der Waals surface area contributed by atoms with E-state index in [-0.39, 0.29) is 18.2 Å². The molecule has 0 heterocycles. The third kappa shape index (κ3) is 15.7. The van der Waals surface area contributed by atoms with Gasteiger partial charge in [0.2, 0.25) is 0 Å². The summed E-state index contributed by atoms with van der Waals surface area (Å²) in [5.41, 5.74) is 0. The first-order valence-corrected chi connectivity index (χ1v) is 12.2. The number of hydrogen-bond acceptors (Lipinski definition) is 3. The van der Waals surface area contributed by atoms with Gasteiger partial charge >= 0.3 is 5.97 Å². The predicted octanol–water partition coefficient (Wildman–Crippen LogP) is 5.73. The first-order chi connectivity index (χ1) is 11.9. The molecular formula is C19H37NO2S3. The Balaban J connectivity index is 3.63. The number of unbranched alkanes of at least 4 members (excludes halogenated alkanes) is 9. The third-order valence-corrected chi connectivity index (χ3v) is 8.00. The zero-order valence-corrected chi connectivity index (χ0v) is 18.7. The minimum absolute atomic E-state index is 0.0429. The van der Waals surface area contributed by atoms with Gasteiger partial charge in [0.15, 0.2) is 0 Å². The average molecular weight is 408 g/mol. The van der Waals surface area contributed by atoms with Crippen LogP contribution >= 0.6 is 35.7 Å². The number of aliphatic carboxylic acids is 1. The number of hydrogen-bond donors (Lipinski definition) is 1. The lowest BCUT2D eigenvalue weighted by atomic mass is 10.1. The van der Waals surface area contributed by atoms with Gasteiger partial charge in [-0.2, -0.15) is 5.26 Å². The van der Waals surface area contributed by atoms with E-state index in [1.807, 2.05) is 6.92 Å². The summed E-state index contributed by atoms with van der Waals surface area (Å²) in [6.07, 6.45) is 13.8. The molecule has 0 radical (unpaired) electrons. The van der Waals surface area contributed by atoms with Crippen molar-refractivity contribution >= 4 is 45.2 Å². The van der Waals surface area contributed by atoms with E-state index in [2.05, 4.69) is 13.0 Å². The molecule has 148 valence electrons. The molecule has 0 saturated heterocycles. The SMILES string of the molecule is CCCCCCCCCCCC[SH2]C(=S)[SH2]C(C)(C#N)CCC(=O)O. The maximum absolute atomic E-state index is 10.7. The van der Waals surface area contributed by atoms with Crippen LogP contribution in [-0.2, 0) is 4.79 Å². The molecule has 0 spiro atoms. The van der Waals surface area contributed by atoms with Gasteiger partial charge in [-0.05, 0) is 25.5 Å². The number of carboxylic acids is 1. The number of nitrogens with zero attached hydrogens (tertiary/aromatic N) is 1. The van der Waals surface area contributed by atoms with Crippen molar-refractivity contribution in [3.8, 4) is 6.07 Å². The minimum atomic E-state index is -0.843. The summed E-state index contributed by atoms with van der Waals surface area (Å²) in [7, 11) is 0. The Hall–Kier alpha value is -0.250. The molecule has 1 unspecified atom stereocenters. The molecular weight excluding hydrogens is 370 g/mol. The molecule has 0 saturated carbocycles. The summed E-state index contributed by atoms with van der Waals surface area (Å²) in [4.78, 5) is 10.7. The number of thiocarbonyl (C=S) groups is 1. The Kier molecular flexibility index (Phi) is 15.8. The molecule has 0 aromatic rings. The molecule has 3 nitrogen and oxygen atoms in total. The second-order valence-corrected chi connectivity index (χ2v) is 11.7. The molecule has 0 bridgehead atoms. The van der Waals surface area contributed by atoms with Gasteiger partial charge < -0.3 is 5.11 Å². The Morgan fingerprint density at radius 1 is 1.08 bits per heavy atom. The lowest BCUT2D eigenvalue weighted by Gasteiger charge is -2.23. The molecule has 0 amide bonds. The predicted molar refractivity (Wildman–Crippen MR) is 121 cm³/mol. The van der Waals surface area contributed by atoms with Crippen molar-refractivity contribution in [1.82, 2.24) is 0 Å². The first kappa shape index (κ1) is 24.8. The number of carbonyl (C=O) groups is 1. The van der Waals surface area contributed by atoms with Crippen LogP contribution in [0.3, 0.4) is 0 Å². The quantitative estimate of drug-likeness (QED) is 0.278. The zero-order valence-electron chi connectivity index (χ0n) is 15.9. The molecule has 6 heteroatoms. The van der Waals surface area contributed by atoms with Crippen LogP contribution in [0.15, 0.2) is 0 Å². The second-order valence-electron chi connectivity index (χ2n) is 6.90. The summed E-state index contributed by atoms with van der Waals surface area (Å²) < 4.78 is 0.380. The normalized spacial score (nSPS) is 14.8. The molecule has 25 heavy (non-hydrogen) atoms. The molecule has 0 rings (SSSR count). The van der Waals surface area contributed by atoms with Gasteiger partial charge in [0.1, 0.15) is 0 Å². The van der Waals surface area contributed by atoms with Gasteiger partial charge in [0.25, 0.3) is 0 Å². The second kappa shape index (κ2) is 16.0. The summed E-state index contributed by atoms with van der Waals surface area (Å²) in [6, 6.07) is 2.27. The highest BCUT2D eigenvalue weighted by atomic mass is 32.2. The van der Waals surface area contributed by atoms with E-state index < -0.39 is 10.7 Å². The van der Waals surface area contributed by atoms with Gasteiger partial charge in [-0.25, -0.2) is 23.5 Å². The fraction of sp³-hybridized carbons (Fsp3) is 0.842. The van der Waals surface area contributed by atoms with Crippen LogP contribution < -0.4 is 0 Å². The lowest BCUT2D eigenvalue weighted by molar-refractivity contribution is -0.137. The van der Waals surface area contributed by atoms with Gasteiger partial charge in [-0.1, -0.05) is 76.9 Å². The van der Waals surface area contributed by atoms with Crippen molar-refractivity contribution in [2.45, 2.75) is 95.6 Å². The molecule has 1 atom stereocenters. The molecule has 0 aromatic heterocycles. The Bertz CT molecular complexity index is 423. The van der Waals surface area contributed by atoms with E-state index in [4.69, 9.17) is 17.3 Å². The Labute approximate surface area is 167 Å². The summed E-state index contributed by atoms with van der Waals surface area (Å²) in [5, 5.41) is 18.1. The smallest absolute Gasteiger partial charge is 0.303 e. The van der Waals surface area contributed by atoms with Crippen LogP contribution in [0.25, 0.3) is 0 Å². The zero-order chi connectivity index (χ0) is 19.0. The third-order valence-electron chi connectivity index (χ3n) is 4.29. The van der Waals surface area contributed by atoms with Crippen LogP contribution in [0, 0.1) is 11.3 Å². The van der Waals surface area contributed by atoms with Crippen LogP contribution in [0.4, 0.5) is 0 Å². The van der Waals surface area contributed by atoms with E-state index >= 15 is 0 Å². The molecule has 0 aliphatic carbocycles. The Morgan fingerprint density at radius 2 is 1.60 bits per heavy atom. The maximum atomic E-state index is 10.7. The fourth-order valence-electron chi connectivity index (χ4n) is 2.61. The molecule has 0 fully saturated rings. The van der Waals surface area contributed by atoms with Crippen molar-refractivity contribution in [1.29, 1.82) is 5.26 Å². The van der Waals surface area contributed by atoms with E-state index in [0.29, 0.717) is 18.2 Å². The average Bonchev–Trinajstić information content (AvgIpc) is 2.58. The first-order valence-electron chi connectivity index (χ1n) is 9.62. The number of carboxylic acid groups (broad SMARTS) is 1. The Morgan fingerprint density at radius 3 is 2.08 bits per heavy atom. The summed E-state index contributed by atoms with van der Waals surface area (Å²) in [5.74, 6) is 0.285. The standard InChI is InChI=1S/C19H37NO2S3/c1-3-4-5-6-7-8-9-10-11-12-15-24-18(23)25-19(2,16-20)14-13-17(21)22/h3-15,24-25H2,1-2H3,(H,21,22). The minimum Gasteiger partial charge on any atom is -0.481 e. The van der Waals surface area contributed by atoms with Gasteiger partial charge in [0.05, 0.1) is 14.3 Å². The number of nitriles is 1. The van der Waals surface area contributed by atoms with Crippen molar-refractivity contribution in [2.75, 3.05) is 5.75 Å². The van der Waals surface area contributed by atoms with E-state index in [1.54, 1.807) is 0 Å². The van der Waals surface area contributed by atoms with E-state index in [0.717, 1.165) is 9.28 Å². The van der Waals surface area contributed by atoms with Crippen LogP contribution in [-0.4, -0.2) is 25.1 Å². The largest absolute Gasteiger partial charge is 0.481 e. The molecule has 0 aromatic carbocycles. The van der Waals surface area contributed by atoms with Gasteiger partial charge in [0, 0.05) is 6.42 Å². The van der Waals surface area contributed by atoms with Gasteiger partial charge in [-0.3, -0.25) is 4.79 Å². The van der Waals surface area contributed by atoms with Crippen LogP contribution in [0.1, 0.15) is 90.9 Å². The van der Waals surface area contributed by atoms with E-state index in [9.17, 15) is 10.1 Å². The fourth-order valence-corrected chi connectivity index (χ4v) is 6.61. The van der Waals surface area contributed by atoms with Crippen molar-refractivity contribution in [2.24, 2.45) is 0 Å². The number of rotatable bonds is 15. The molecule has 0 aliphatic rings. The highest BCUT2D eigenvalue weighted by molar-refractivity contribution is 8.47. The highest BCUT2D eigenvalue weighted by Gasteiger charge is 2.24. The van der Waals surface area contributed by atoms with Crippen molar-refractivity contribution in [3.63, 3.8) is 0 Å². The van der Waals surface area contributed by atoms with Crippen molar-refractivity contribution < 1.29 is 9.90 Å². The lowest BCUT2D eigenvalue weighted by Crippen LogP contribution is -2.20. The van der Waals surface area contributed by atoms with Crippen LogP contribution in [0.2, 0.25) is 0 Å². The van der Waals surface area contributed by atoms with E-state index in [1.165, 1.54) is 64.2 Å². The molecule has 1 N–H and O–H groups in total. The summed E-state index contributed by atoms with van der Waals surface area (Å²) in [6.45, 7) is 4.09. The van der Waals surface area contributed by atoms with Crippen LogP contribution in [0.5, 0.6) is 0 Å².